The summed E-state index contributed by atoms with van der Waals surface area (Å²) in [5.41, 5.74) is -1.37. The molecule has 102 valence electrons. The normalized spacial score (nSPS) is 32.7. The molecule has 2 aliphatic heterocycles. The van der Waals surface area contributed by atoms with Crippen LogP contribution < -0.4 is 0 Å². The van der Waals surface area contributed by atoms with E-state index in [4.69, 9.17) is 0 Å². The topological polar surface area (TPSA) is 77.8 Å². The lowest BCUT2D eigenvalue weighted by Gasteiger charge is -2.34. The van der Waals surface area contributed by atoms with Gasteiger partial charge in [0.2, 0.25) is 5.91 Å². The van der Waals surface area contributed by atoms with Crippen molar-refractivity contribution >= 4 is 11.9 Å². The van der Waals surface area contributed by atoms with Gasteiger partial charge in [-0.25, -0.2) is 0 Å². The van der Waals surface area contributed by atoms with Crippen LogP contribution in [0, 0.1) is 5.92 Å². The van der Waals surface area contributed by atoms with Crippen LogP contribution in [0.15, 0.2) is 0 Å². The number of amides is 1. The molecule has 1 amide bonds. The third kappa shape index (κ3) is 2.00. The van der Waals surface area contributed by atoms with Crippen molar-refractivity contribution in [2.75, 3.05) is 6.54 Å². The first kappa shape index (κ1) is 13.3. The molecule has 2 N–H and O–H groups in total. The van der Waals surface area contributed by atoms with Crippen molar-refractivity contribution < 1.29 is 19.8 Å². The highest BCUT2D eigenvalue weighted by Gasteiger charge is 2.58. The summed E-state index contributed by atoms with van der Waals surface area (Å²) >= 11 is 0. The summed E-state index contributed by atoms with van der Waals surface area (Å²) in [6.07, 6.45) is 3.65. The van der Waals surface area contributed by atoms with Crippen LogP contribution in [0.3, 0.4) is 0 Å². The molecule has 0 saturated carbocycles. The molecule has 0 spiro atoms. The number of aliphatic hydroxyl groups is 1. The molecular weight excluding hydrogens is 234 g/mol. The van der Waals surface area contributed by atoms with Gasteiger partial charge in [0.1, 0.15) is 5.60 Å². The second-order valence-electron chi connectivity index (χ2n) is 5.45. The molecule has 2 saturated heterocycles. The van der Waals surface area contributed by atoms with Crippen molar-refractivity contribution in [1.29, 1.82) is 0 Å². The van der Waals surface area contributed by atoms with Gasteiger partial charge in [0.05, 0.1) is 18.4 Å². The minimum absolute atomic E-state index is 0.0294. The number of unbranched alkanes of at least 4 members (excludes halogenated alkanes) is 1. The lowest BCUT2D eigenvalue weighted by Crippen LogP contribution is -2.50. The molecule has 0 bridgehead atoms. The van der Waals surface area contributed by atoms with Crippen molar-refractivity contribution in [3.8, 4) is 0 Å². The van der Waals surface area contributed by atoms with Gasteiger partial charge in [-0.1, -0.05) is 19.8 Å². The second kappa shape index (κ2) is 4.88. The zero-order chi connectivity index (χ0) is 13.3. The van der Waals surface area contributed by atoms with Gasteiger partial charge < -0.3 is 15.1 Å². The number of fused-ring (bicyclic) bond motifs is 1. The molecule has 0 aromatic heterocycles. The third-order valence-electron chi connectivity index (χ3n) is 4.33. The monoisotopic (exact) mass is 255 g/mol. The number of carboxylic acid groups (broad SMARTS) is 1. The maximum absolute atomic E-state index is 11.8. The zero-order valence-electron chi connectivity index (χ0n) is 10.8. The van der Waals surface area contributed by atoms with Crippen molar-refractivity contribution in [3.63, 3.8) is 0 Å². The summed E-state index contributed by atoms with van der Waals surface area (Å²) in [4.78, 5) is 24.9. The fourth-order valence-electron chi connectivity index (χ4n) is 3.40. The number of hydrogen-bond donors (Lipinski definition) is 2. The Balaban J connectivity index is 2.22. The Labute approximate surface area is 107 Å². The molecule has 2 aliphatic rings. The summed E-state index contributed by atoms with van der Waals surface area (Å²) in [7, 11) is 0. The average molecular weight is 255 g/mol. The molecule has 3 atom stereocenters. The van der Waals surface area contributed by atoms with Gasteiger partial charge in [0.25, 0.3) is 0 Å². The van der Waals surface area contributed by atoms with Crippen molar-refractivity contribution in [1.82, 2.24) is 4.90 Å². The van der Waals surface area contributed by atoms with E-state index in [1.807, 2.05) is 6.92 Å². The number of rotatable bonds is 5. The Morgan fingerprint density at radius 2 is 2.33 bits per heavy atom. The number of carboxylic acids is 1. The minimum atomic E-state index is -1.37. The summed E-state index contributed by atoms with van der Waals surface area (Å²) in [5.74, 6) is -1.90. The van der Waals surface area contributed by atoms with E-state index in [1.165, 1.54) is 0 Å². The van der Waals surface area contributed by atoms with Crippen LogP contribution in [-0.2, 0) is 9.59 Å². The van der Waals surface area contributed by atoms with Crippen LogP contribution in [-0.4, -0.2) is 45.2 Å². The van der Waals surface area contributed by atoms with E-state index in [1.54, 1.807) is 4.90 Å². The quantitative estimate of drug-likeness (QED) is 0.768. The standard InChI is InChI=1S/C13H21NO4/c1-2-3-5-9(12(16)17)13(18)8-11(15)14-7-4-6-10(13)14/h9-10,18H,2-8H2,1H3,(H,16,17). The van der Waals surface area contributed by atoms with Gasteiger partial charge in [0.15, 0.2) is 0 Å². The fourth-order valence-corrected chi connectivity index (χ4v) is 3.40. The number of aliphatic carboxylic acids is 1. The Morgan fingerprint density at radius 3 is 2.94 bits per heavy atom. The van der Waals surface area contributed by atoms with Gasteiger partial charge in [0, 0.05) is 6.54 Å². The lowest BCUT2D eigenvalue weighted by molar-refractivity contribution is -0.154. The molecule has 0 radical (unpaired) electrons. The number of hydrogen-bond acceptors (Lipinski definition) is 3. The van der Waals surface area contributed by atoms with Crippen LogP contribution in [0.5, 0.6) is 0 Å². The predicted octanol–water partition coefficient (Wildman–Crippen LogP) is 1.00. The molecular formula is C13H21NO4. The van der Waals surface area contributed by atoms with E-state index in [9.17, 15) is 19.8 Å². The van der Waals surface area contributed by atoms with Crippen LogP contribution >= 0.6 is 0 Å². The van der Waals surface area contributed by atoms with E-state index < -0.39 is 17.5 Å². The first-order valence-electron chi connectivity index (χ1n) is 6.75. The van der Waals surface area contributed by atoms with Crippen LogP contribution in [0.4, 0.5) is 0 Å². The first-order chi connectivity index (χ1) is 8.50. The molecule has 18 heavy (non-hydrogen) atoms. The number of carbonyl (C=O) groups is 2. The molecule has 5 nitrogen and oxygen atoms in total. The molecule has 2 rings (SSSR count). The van der Waals surface area contributed by atoms with Gasteiger partial charge >= 0.3 is 5.97 Å². The molecule has 5 heteroatoms. The zero-order valence-corrected chi connectivity index (χ0v) is 10.8. The summed E-state index contributed by atoms with van der Waals surface area (Å²) < 4.78 is 0. The van der Waals surface area contributed by atoms with E-state index in [-0.39, 0.29) is 18.4 Å². The minimum Gasteiger partial charge on any atom is -0.481 e. The predicted molar refractivity (Wildman–Crippen MR) is 65.0 cm³/mol. The van der Waals surface area contributed by atoms with Gasteiger partial charge in [-0.3, -0.25) is 9.59 Å². The SMILES string of the molecule is CCCCC(C(=O)O)C1(O)CC(=O)N2CCCC21. The average Bonchev–Trinajstić information content (AvgIpc) is 2.85. The Morgan fingerprint density at radius 1 is 1.61 bits per heavy atom. The van der Waals surface area contributed by atoms with Crippen molar-refractivity contribution in [2.24, 2.45) is 5.92 Å². The molecule has 0 aromatic carbocycles. The smallest absolute Gasteiger partial charge is 0.309 e. The van der Waals surface area contributed by atoms with Crippen molar-refractivity contribution in [2.45, 2.75) is 57.1 Å². The van der Waals surface area contributed by atoms with Gasteiger partial charge in [-0.15, -0.1) is 0 Å². The second-order valence-corrected chi connectivity index (χ2v) is 5.45. The fraction of sp³-hybridized carbons (Fsp3) is 0.846. The van der Waals surface area contributed by atoms with E-state index in [2.05, 4.69) is 0 Å². The van der Waals surface area contributed by atoms with Gasteiger partial charge in [-0.05, 0) is 19.3 Å². The highest BCUT2D eigenvalue weighted by Crippen LogP contribution is 2.43. The van der Waals surface area contributed by atoms with Crippen LogP contribution in [0.1, 0.15) is 45.4 Å². The maximum atomic E-state index is 11.8. The van der Waals surface area contributed by atoms with Crippen LogP contribution in [0.2, 0.25) is 0 Å². The van der Waals surface area contributed by atoms with E-state index >= 15 is 0 Å². The Kier molecular flexibility index (Phi) is 3.61. The third-order valence-corrected chi connectivity index (χ3v) is 4.33. The molecule has 3 unspecified atom stereocenters. The van der Waals surface area contributed by atoms with E-state index in [0.29, 0.717) is 13.0 Å². The van der Waals surface area contributed by atoms with Crippen LogP contribution in [0.25, 0.3) is 0 Å². The molecule has 2 heterocycles. The van der Waals surface area contributed by atoms with Gasteiger partial charge in [-0.2, -0.15) is 0 Å². The summed E-state index contributed by atoms with van der Waals surface area (Å²) in [5, 5.41) is 20.1. The Bertz CT molecular complexity index is 357. The summed E-state index contributed by atoms with van der Waals surface area (Å²) in [6, 6.07) is -0.289. The first-order valence-corrected chi connectivity index (χ1v) is 6.75. The molecule has 0 aromatic rings. The van der Waals surface area contributed by atoms with Crippen molar-refractivity contribution in [3.05, 3.63) is 0 Å². The number of carbonyl (C=O) groups excluding carboxylic acids is 1. The Hall–Kier alpha value is -1.10. The summed E-state index contributed by atoms with van der Waals surface area (Å²) in [6.45, 7) is 2.65. The maximum Gasteiger partial charge on any atom is 0.309 e. The highest BCUT2D eigenvalue weighted by molar-refractivity contribution is 5.83. The highest BCUT2D eigenvalue weighted by atomic mass is 16.4. The molecule has 2 fully saturated rings. The number of nitrogens with zero attached hydrogens (tertiary/aromatic N) is 1. The lowest BCUT2D eigenvalue weighted by atomic mass is 9.77. The molecule has 0 aliphatic carbocycles. The largest absolute Gasteiger partial charge is 0.481 e. The van der Waals surface area contributed by atoms with E-state index in [0.717, 1.165) is 25.7 Å².